The van der Waals surface area contributed by atoms with Gasteiger partial charge in [-0.15, -0.1) is 0 Å². The molecular weight excluding hydrogens is 352 g/mol. The van der Waals surface area contributed by atoms with Gasteiger partial charge >= 0.3 is 0 Å². The van der Waals surface area contributed by atoms with Gasteiger partial charge in [-0.05, 0) is 63.0 Å². The van der Waals surface area contributed by atoms with Crippen LogP contribution in [0.25, 0.3) is 0 Å². The predicted molar refractivity (Wildman–Crippen MR) is 89.0 cm³/mol. The van der Waals surface area contributed by atoms with E-state index in [9.17, 15) is 8.42 Å². The number of sulfonamides is 1. The maximum absolute atomic E-state index is 13.0. The molecule has 118 valence electrons. The molecule has 6 heteroatoms. The first-order valence-electron chi connectivity index (χ1n) is 7.45. The minimum absolute atomic E-state index is 0.107. The van der Waals surface area contributed by atoms with E-state index in [0.29, 0.717) is 11.4 Å². The molecule has 1 heterocycles. The summed E-state index contributed by atoms with van der Waals surface area (Å²) in [4.78, 5) is 0.390. The van der Waals surface area contributed by atoms with E-state index >= 15 is 0 Å². The number of nitrogens with zero attached hydrogens (tertiary/aromatic N) is 1. The van der Waals surface area contributed by atoms with Crippen molar-refractivity contribution in [3.8, 4) is 0 Å². The van der Waals surface area contributed by atoms with Crippen LogP contribution < -0.4 is 5.32 Å². The molecule has 0 atom stereocenters. The number of hydrogen-bond acceptors (Lipinski definition) is 3. The van der Waals surface area contributed by atoms with Gasteiger partial charge in [0.1, 0.15) is 0 Å². The molecule has 1 aromatic rings. The summed E-state index contributed by atoms with van der Waals surface area (Å²) >= 11 is 3.40. The van der Waals surface area contributed by atoms with Gasteiger partial charge in [0.25, 0.3) is 0 Å². The summed E-state index contributed by atoms with van der Waals surface area (Å²) in [7, 11) is -3.43. The van der Waals surface area contributed by atoms with Crippen LogP contribution in [0, 0.1) is 6.92 Å². The van der Waals surface area contributed by atoms with Crippen LogP contribution in [0.15, 0.2) is 27.6 Å². The van der Waals surface area contributed by atoms with Crippen LogP contribution in [-0.2, 0) is 10.0 Å². The Bertz CT molecular complexity index is 563. The number of nitrogens with one attached hydrogen (secondary N) is 1. The summed E-state index contributed by atoms with van der Waals surface area (Å²) in [5.41, 5.74) is 0.949. The van der Waals surface area contributed by atoms with Crippen molar-refractivity contribution >= 4 is 26.0 Å². The van der Waals surface area contributed by atoms with Gasteiger partial charge in [-0.3, -0.25) is 0 Å². The zero-order chi connectivity index (χ0) is 15.5. The van der Waals surface area contributed by atoms with Crippen LogP contribution in [-0.4, -0.2) is 38.4 Å². The van der Waals surface area contributed by atoms with E-state index in [1.807, 2.05) is 19.9 Å². The van der Waals surface area contributed by atoms with Crippen LogP contribution in [0.3, 0.4) is 0 Å². The van der Waals surface area contributed by atoms with E-state index in [0.717, 1.165) is 42.4 Å². The molecule has 1 saturated heterocycles. The molecule has 0 bridgehead atoms. The maximum atomic E-state index is 13.0. The zero-order valence-corrected chi connectivity index (χ0v) is 15.0. The summed E-state index contributed by atoms with van der Waals surface area (Å²) in [5.74, 6) is 0. The number of piperidine rings is 1. The first kappa shape index (κ1) is 16.9. The van der Waals surface area contributed by atoms with E-state index in [2.05, 4.69) is 21.2 Å². The summed E-state index contributed by atoms with van der Waals surface area (Å²) in [6.45, 7) is 6.29. The van der Waals surface area contributed by atoms with E-state index < -0.39 is 10.0 Å². The fourth-order valence-corrected chi connectivity index (χ4v) is 5.47. The molecule has 0 saturated carbocycles. The third-order valence-electron chi connectivity index (χ3n) is 3.78. The number of benzene rings is 1. The fourth-order valence-electron chi connectivity index (χ4n) is 2.80. The van der Waals surface area contributed by atoms with Crippen LogP contribution in [0.5, 0.6) is 0 Å². The second-order valence-electron chi connectivity index (χ2n) is 5.56. The largest absolute Gasteiger partial charge is 0.317 e. The van der Waals surface area contributed by atoms with Gasteiger partial charge in [0.15, 0.2) is 0 Å². The molecule has 1 fully saturated rings. The van der Waals surface area contributed by atoms with Crippen molar-refractivity contribution < 1.29 is 8.42 Å². The van der Waals surface area contributed by atoms with Crippen LogP contribution in [0.2, 0.25) is 0 Å². The van der Waals surface area contributed by atoms with Gasteiger partial charge < -0.3 is 5.32 Å². The molecule has 2 rings (SSSR count). The SMILES string of the molecule is CCCN(C1CCNCC1)S(=O)(=O)c1cc(C)cc(Br)c1. The molecule has 0 aliphatic carbocycles. The van der Waals surface area contributed by atoms with E-state index in [1.54, 1.807) is 16.4 Å². The summed E-state index contributed by atoms with van der Waals surface area (Å²) in [6.07, 6.45) is 2.59. The number of aryl methyl sites for hydroxylation is 1. The third kappa shape index (κ3) is 4.06. The lowest BCUT2D eigenvalue weighted by molar-refractivity contribution is 0.262. The lowest BCUT2D eigenvalue weighted by Crippen LogP contribution is -2.46. The van der Waals surface area contributed by atoms with Gasteiger partial charge in [0.05, 0.1) is 4.90 Å². The summed E-state index contributed by atoms with van der Waals surface area (Å²) in [6, 6.07) is 5.49. The number of rotatable bonds is 5. The smallest absolute Gasteiger partial charge is 0.243 e. The van der Waals surface area contributed by atoms with Gasteiger partial charge in [0, 0.05) is 17.1 Å². The molecule has 21 heavy (non-hydrogen) atoms. The average molecular weight is 375 g/mol. The molecule has 0 radical (unpaired) electrons. The first-order valence-corrected chi connectivity index (χ1v) is 9.68. The monoisotopic (exact) mass is 374 g/mol. The Labute approximate surface area is 136 Å². The highest BCUT2D eigenvalue weighted by Gasteiger charge is 2.31. The Hall–Kier alpha value is -0.430. The molecule has 0 spiro atoms. The Morgan fingerprint density at radius 2 is 1.95 bits per heavy atom. The lowest BCUT2D eigenvalue weighted by Gasteiger charge is -2.33. The van der Waals surface area contributed by atoms with Crippen molar-refractivity contribution in [2.45, 2.75) is 44.0 Å². The van der Waals surface area contributed by atoms with E-state index in [-0.39, 0.29) is 6.04 Å². The van der Waals surface area contributed by atoms with Gasteiger partial charge in [-0.25, -0.2) is 8.42 Å². The molecular formula is C15H23BrN2O2S. The van der Waals surface area contributed by atoms with Crippen molar-refractivity contribution in [2.24, 2.45) is 0 Å². The lowest BCUT2D eigenvalue weighted by atomic mass is 10.1. The normalized spacial score (nSPS) is 17.3. The Balaban J connectivity index is 2.36. The van der Waals surface area contributed by atoms with Crippen LogP contribution in [0.1, 0.15) is 31.7 Å². The molecule has 1 aliphatic rings. The highest BCUT2D eigenvalue weighted by molar-refractivity contribution is 9.10. The van der Waals surface area contributed by atoms with E-state index in [1.165, 1.54) is 0 Å². The van der Waals surface area contributed by atoms with Gasteiger partial charge in [-0.2, -0.15) is 4.31 Å². The zero-order valence-electron chi connectivity index (χ0n) is 12.6. The molecule has 1 aromatic carbocycles. The first-order chi connectivity index (χ1) is 9.95. The van der Waals surface area contributed by atoms with Crippen molar-refractivity contribution in [1.29, 1.82) is 0 Å². The van der Waals surface area contributed by atoms with Crippen molar-refractivity contribution in [1.82, 2.24) is 9.62 Å². The molecule has 0 aromatic heterocycles. The predicted octanol–water partition coefficient (Wildman–Crippen LogP) is 2.91. The molecule has 0 amide bonds. The van der Waals surface area contributed by atoms with Crippen molar-refractivity contribution in [2.75, 3.05) is 19.6 Å². The third-order valence-corrected chi connectivity index (χ3v) is 6.17. The minimum Gasteiger partial charge on any atom is -0.317 e. The quantitative estimate of drug-likeness (QED) is 0.861. The van der Waals surface area contributed by atoms with E-state index in [4.69, 9.17) is 0 Å². The average Bonchev–Trinajstić information content (AvgIpc) is 2.44. The topological polar surface area (TPSA) is 49.4 Å². The molecule has 1 N–H and O–H groups in total. The van der Waals surface area contributed by atoms with Gasteiger partial charge in [0.2, 0.25) is 10.0 Å². The van der Waals surface area contributed by atoms with Crippen LogP contribution in [0.4, 0.5) is 0 Å². The second-order valence-corrected chi connectivity index (χ2v) is 8.37. The standard InChI is InChI=1S/C15H23BrN2O2S/c1-3-8-18(14-4-6-17-7-5-14)21(19,20)15-10-12(2)9-13(16)11-15/h9-11,14,17H,3-8H2,1-2H3. The summed E-state index contributed by atoms with van der Waals surface area (Å²) < 4.78 is 28.5. The van der Waals surface area contributed by atoms with Crippen molar-refractivity contribution in [3.63, 3.8) is 0 Å². The fraction of sp³-hybridized carbons (Fsp3) is 0.600. The highest BCUT2D eigenvalue weighted by Crippen LogP contribution is 2.26. The molecule has 4 nitrogen and oxygen atoms in total. The Morgan fingerprint density at radius 1 is 1.29 bits per heavy atom. The summed E-state index contributed by atoms with van der Waals surface area (Å²) in [5, 5.41) is 3.29. The van der Waals surface area contributed by atoms with Crippen LogP contribution >= 0.6 is 15.9 Å². The van der Waals surface area contributed by atoms with Gasteiger partial charge in [-0.1, -0.05) is 22.9 Å². The minimum atomic E-state index is -3.43. The highest BCUT2D eigenvalue weighted by atomic mass is 79.9. The maximum Gasteiger partial charge on any atom is 0.243 e. The van der Waals surface area contributed by atoms with Crippen molar-refractivity contribution in [3.05, 3.63) is 28.2 Å². The number of halogens is 1. The molecule has 1 aliphatic heterocycles. The molecule has 0 unspecified atom stereocenters. The number of hydrogen-bond donors (Lipinski definition) is 1. The second kappa shape index (κ2) is 7.22. The Morgan fingerprint density at radius 3 is 2.52 bits per heavy atom. The Kier molecular flexibility index (Phi) is 5.82.